The van der Waals surface area contributed by atoms with Gasteiger partial charge in [0.05, 0.1) is 10.5 Å². The van der Waals surface area contributed by atoms with Crippen LogP contribution in [-0.2, 0) is 11.3 Å². The molecule has 0 N–H and O–H groups in total. The molecule has 138 valence electrons. The van der Waals surface area contributed by atoms with Gasteiger partial charge in [-0.1, -0.05) is 11.6 Å². The second kappa shape index (κ2) is 7.83. The molecule has 0 spiro atoms. The van der Waals surface area contributed by atoms with Gasteiger partial charge in [-0.05, 0) is 36.4 Å². The zero-order valence-electron chi connectivity index (χ0n) is 13.9. The largest absolute Gasteiger partial charge is 0.452 e. The van der Waals surface area contributed by atoms with Crippen LogP contribution in [-0.4, -0.2) is 21.1 Å². The summed E-state index contributed by atoms with van der Waals surface area (Å²) in [6.07, 6.45) is 0. The fraction of sp³-hybridized carbons (Fsp3) is 0.118. The molecule has 0 bridgehead atoms. The molecular formula is C17H12ClN3O6. The Labute approximate surface area is 157 Å². The van der Waals surface area contributed by atoms with Crippen molar-refractivity contribution in [3.63, 3.8) is 0 Å². The normalized spacial score (nSPS) is 10.4. The first kappa shape index (κ1) is 18.3. The van der Waals surface area contributed by atoms with Gasteiger partial charge in [-0.3, -0.25) is 10.1 Å². The molecular weight excluding hydrogens is 378 g/mol. The minimum absolute atomic E-state index is 0.0338. The summed E-state index contributed by atoms with van der Waals surface area (Å²) in [5, 5.41) is 18.7. The van der Waals surface area contributed by atoms with Crippen LogP contribution in [0.15, 0.2) is 46.9 Å². The van der Waals surface area contributed by atoms with Crippen molar-refractivity contribution < 1.29 is 23.6 Å². The molecule has 27 heavy (non-hydrogen) atoms. The van der Waals surface area contributed by atoms with E-state index in [1.165, 1.54) is 42.5 Å². The first-order valence-electron chi connectivity index (χ1n) is 7.60. The molecule has 0 aliphatic carbocycles. The highest BCUT2D eigenvalue weighted by molar-refractivity contribution is 6.30. The zero-order valence-corrected chi connectivity index (χ0v) is 14.7. The van der Waals surface area contributed by atoms with E-state index in [-0.39, 0.29) is 34.5 Å². The number of ether oxygens (including phenoxy) is 2. The number of nitro groups is 1. The number of aromatic nitrogens is 2. The van der Waals surface area contributed by atoms with Crippen molar-refractivity contribution in [3.05, 3.63) is 74.9 Å². The van der Waals surface area contributed by atoms with Gasteiger partial charge < -0.3 is 13.9 Å². The summed E-state index contributed by atoms with van der Waals surface area (Å²) in [5.74, 6) is 0.320. The maximum absolute atomic E-state index is 12.0. The molecule has 2 aromatic carbocycles. The summed E-state index contributed by atoms with van der Waals surface area (Å²) in [6, 6.07) is 10.0. The number of nitrogens with zero attached hydrogens (tertiary/aromatic N) is 3. The number of carbonyl (C=O) groups excluding carboxylic acids is 1. The van der Waals surface area contributed by atoms with Crippen molar-refractivity contribution in [2.45, 2.75) is 13.5 Å². The van der Waals surface area contributed by atoms with Gasteiger partial charge in [0.25, 0.3) is 5.89 Å². The minimum Gasteiger partial charge on any atom is -0.452 e. The SMILES string of the molecule is Cc1nnc(COC(=O)c2ccc(Oc3ccc(Cl)cc3[N+](=O)[O-])cc2)o1. The van der Waals surface area contributed by atoms with Gasteiger partial charge in [0.15, 0.2) is 6.61 Å². The summed E-state index contributed by atoms with van der Waals surface area (Å²) < 4.78 is 15.7. The van der Waals surface area contributed by atoms with Gasteiger partial charge in [-0.25, -0.2) is 4.79 Å². The molecule has 0 atom stereocenters. The Bertz CT molecular complexity index is 987. The Balaban J connectivity index is 1.67. The predicted octanol–water partition coefficient (Wildman–Crippen LogP) is 4.09. The number of aryl methyl sites for hydroxylation is 1. The summed E-state index contributed by atoms with van der Waals surface area (Å²) in [4.78, 5) is 22.5. The van der Waals surface area contributed by atoms with E-state index in [2.05, 4.69) is 10.2 Å². The van der Waals surface area contributed by atoms with Crippen LogP contribution in [0.5, 0.6) is 11.5 Å². The molecule has 0 unspecified atom stereocenters. The average Bonchev–Trinajstić information content (AvgIpc) is 3.07. The molecule has 0 fully saturated rings. The summed E-state index contributed by atoms with van der Waals surface area (Å²) in [6.45, 7) is 1.48. The van der Waals surface area contributed by atoms with E-state index in [9.17, 15) is 14.9 Å². The Hall–Kier alpha value is -3.46. The number of rotatable bonds is 6. The molecule has 0 saturated heterocycles. The van der Waals surface area contributed by atoms with E-state index < -0.39 is 10.9 Å². The van der Waals surface area contributed by atoms with Crippen LogP contribution in [0.3, 0.4) is 0 Å². The van der Waals surface area contributed by atoms with Crippen LogP contribution in [0.2, 0.25) is 5.02 Å². The molecule has 1 aromatic heterocycles. The minimum atomic E-state index is -0.591. The number of hydrogen-bond acceptors (Lipinski definition) is 8. The van der Waals surface area contributed by atoms with Gasteiger partial charge in [0.2, 0.25) is 11.6 Å². The second-order valence-electron chi connectivity index (χ2n) is 5.29. The first-order chi connectivity index (χ1) is 12.9. The summed E-state index contributed by atoms with van der Waals surface area (Å²) in [7, 11) is 0. The van der Waals surface area contributed by atoms with E-state index in [1.54, 1.807) is 6.92 Å². The van der Waals surface area contributed by atoms with Crippen molar-refractivity contribution in [3.8, 4) is 11.5 Å². The molecule has 1 heterocycles. The fourth-order valence-corrected chi connectivity index (χ4v) is 2.28. The monoisotopic (exact) mass is 389 g/mol. The summed E-state index contributed by atoms with van der Waals surface area (Å²) in [5.41, 5.74) is 0.00466. The van der Waals surface area contributed by atoms with Crippen molar-refractivity contribution >= 4 is 23.3 Å². The van der Waals surface area contributed by atoms with Gasteiger partial charge in [-0.15, -0.1) is 10.2 Å². The smallest absolute Gasteiger partial charge is 0.338 e. The highest BCUT2D eigenvalue weighted by Crippen LogP contribution is 2.33. The predicted molar refractivity (Wildman–Crippen MR) is 92.8 cm³/mol. The highest BCUT2D eigenvalue weighted by atomic mass is 35.5. The lowest BCUT2D eigenvalue weighted by molar-refractivity contribution is -0.385. The molecule has 0 aliphatic rings. The Morgan fingerprint density at radius 3 is 2.59 bits per heavy atom. The van der Waals surface area contributed by atoms with Crippen LogP contribution in [0.1, 0.15) is 22.1 Å². The zero-order chi connectivity index (χ0) is 19.4. The molecule has 0 aliphatic heterocycles. The van der Waals surface area contributed by atoms with Crippen molar-refractivity contribution in [1.82, 2.24) is 10.2 Å². The molecule has 9 nitrogen and oxygen atoms in total. The van der Waals surface area contributed by atoms with Crippen LogP contribution < -0.4 is 4.74 Å². The lowest BCUT2D eigenvalue weighted by atomic mass is 10.2. The Kier molecular flexibility index (Phi) is 5.32. The number of nitro benzene ring substituents is 1. The topological polar surface area (TPSA) is 118 Å². The average molecular weight is 390 g/mol. The maximum atomic E-state index is 12.0. The third kappa shape index (κ3) is 4.59. The number of hydrogen-bond donors (Lipinski definition) is 0. The van der Waals surface area contributed by atoms with Crippen molar-refractivity contribution in [1.29, 1.82) is 0 Å². The fourth-order valence-electron chi connectivity index (χ4n) is 2.11. The molecule has 0 radical (unpaired) electrons. The van der Waals surface area contributed by atoms with Crippen LogP contribution in [0, 0.1) is 17.0 Å². The Morgan fingerprint density at radius 1 is 1.22 bits per heavy atom. The van der Waals surface area contributed by atoms with Gasteiger partial charge >= 0.3 is 11.7 Å². The van der Waals surface area contributed by atoms with Gasteiger partial charge in [-0.2, -0.15) is 0 Å². The number of halogens is 1. The van der Waals surface area contributed by atoms with Crippen LogP contribution in [0.4, 0.5) is 5.69 Å². The molecule has 3 aromatic rings. The lowest BCUT2D eigenvalue weighted by Crippen LogP contribution is -2.05. The third-order valence-electron chi connectivity index (χ3n) is 3.33. The maximum Gasteiger partial charge on any atom is 0.338 e. The number of carbonyl (C=O) groups is 1. The first-order valence-corrected chi connectivity index (χ1v) is 7.98. The number of benzene rings is 2. The van der Waals surface area contributed by atoms with Crippen molar-refractivity contribution in [2.75, 3.05) is 0 Å². The Morgan fingerprint density at radius 2 is 1.96 bits per heavy atom. The van der Waals surface area contributed by atoms with E-state index in [0.717, 1.165) is 0 Å². The van der Waals surface area contributed by atoms with Crippen molar-refractivity contribution in [2.24, 2.45) is 0 Å². The highest BCUT2D eigenvalue weighted by Gasteiger charge is 2.17. The van der Waals surface area contributed by atoms with E-state index in [4.69, 9.17) is 25.5 Å². The lowest BCUT2D eigenvalue weighted by Gasteiger charge is -2.07. The van der Waals surface area contributed by atoms with Crippen LogP contribution >= 0.6 is 11.6 Å². The molecule has 3 rings (SSSR count). The molecule has 0 amide bonds. The standard InChI is InChI=1S/C17H12ClN3O6/c1-10-19-20-16(26-10)9-25-17(22)11-2-5-13(6-3-11)27-15-7-4-12(18)8-14(15)21(23)24/h2-8H,9H2,1H3. The third-order valence-corrected chi connectivity index (χ3v) is 3.57. The summed E-state index contributed by atoms with van der Waals surface area (Å²) >= 11 is 5.77. The van der Waals surface area contributed by atoms with Gasteiger partial charge in [0.1, 0.15) is 5.75 Å². The molecule has 0 saturated carbocycles. The van der Waals surface area contributed by atoms with E-state index >= 15 is 0 Å². The van der Waals surface area contributed by atoms with Gasteiger partial charge in [0, 0.05) is 18.0 Å². The van der Waals surface area contributed by atoms with E-state index in [1.807, 2.05) is 0 Å². The second-order valence-corrected chi connectivity index (χ2v) is 5.72. The quantitative estimate of drug-likeness (QED) is 0.351. The molecule has 10 heteroatoms. The number of esters is 1. The van der Waals surface area contributed by atoms with E-state index in [0.29, 0.717) is 11.6 Å². The van der Waals surface area contributed by atoms with Crippen LogP contribution in [0.25, 0.3) is 0 Å².